The smallest absolute Gasteiger partial charge is 0.128 e. The van der Waals surface area contributed by atoms with Gasteiger partial charge in [0, 0.05) is 11.5 Å². The predicted molar refractivity (Wildman–Crippen MR) is 51.9 cm³/mol. The van der Waals surface area contributed by atoms with Crippen molar-refractivity contribution >= 4 is 0 Å². The third kappa shape index (κ3) is 0.934. The van der Waals surface area contributed by atoms with E-state index in [0.29, 0.717) is 5.92 Å². The van der Waals surface area contributed by atoms with Gasteiger partial charge in [0.15, 0.2) is 0 Å². The summed E-state index contributed by atoms with van der Waals surface area (Å²) in [6.45, 7) is 0. The summed E-state index contributed by atoms with van der Waals surface area (Å²) in [6.07, 6.45) is 8.68. The Morgan fingerprint density at radius 3 is 2.85 bits per heavy atom. The largest absolute Gasteiger partial charge is 0.485 e. The Morgan fingerprint density at radius 1 is 1.00 bits per heavy atom. The van der Waals surface area contributed by atoms with Crippen LogP contribution in [0.15, 0.2) is 48.6 Å². The van der Waals surface area contributed by atoms with Crippen molar-refractivity contribution in [2.45, 2.75) is 12.0 Å². The minimum atomic E-state index is 0.224. The number of ether oxygens (including phenoxy) is 1. The van der Waals surface area contributed by atoms with Gasteiger partial charge in [-0.05, 0) is 12.1 Å². The molecule has 1 nitrogen and oxygen atoms in total. The molecule has 0 amide bonds. The maximum atomic E-state index is 5.77. The summed E-state index contributed by atoms with van der Waals surface area (Å²) in [4.78, 5) is 0. The predicted octanol–water partition coefficient (Wildman–Crippen LogP) is 2.66. The van der Waals surface area contributed by atoms with E-state index in [-0.39, 0.29) is 6.10 Å². The van der Waals surface area contributed by atoms with E-state index in [9.17, 15) is 0 Å². The Hall–Kier alpha value is -1.50. The van der Waals surface area contributed by atoms with Crippen LogP contribution >= 0.6 is 0 Å². The molecular weight excluding hydrogens is 160 g/mol. The number of para-hydroxylation sites is 1. The molecule has 1 heterocycles. The topological polar surface area (TPSA) is 9.23 Å². The Bertz CT molecular complexity index is 390. The molecule has 64 valence electrons. The molecular formula is C12H10O. The highest BCUT2D eigenvalue weighted by atomic mass is 16.5. The Balaban J connectivity index is 2.12. The number of hydrogen-bond acceptors (Lipinski definition) is 1. The molecule has 0 saturated carbocycles. The molecule has 1 aromatic carbocycles. The second-order valence-corrected chi connectivity index (χ2v) is 3.42. The SMILES string of the molecule is C1=CC2Oc3ccccc3[C@@H]2C=C1. The van der Waals surface area contributed by atoms with Crippen LogP contribution in [0.3, 0.4) is 0 Å². The first kappa shape index (κ1) is 6.96. The van der Waals surface area contributed by atoms with Crippen molar-refractivity contribution in [1.82, 2.24) is 0 Å². The van der Waals surface area contributed by atoms with Crippen LogP contribution < -0.4 is 4.74 Å². The number of allylic oxidation sites excluding steroid dienone is 2. The van der Waals surface area contributed by atoms with Crippen LogP contribution in [0.1, 0.15) is 11.5 Å². The molecule has 0 saturated heterocycles. The highest BCUT2D eigenvalue weighted by Gasteiger charge is 2.30. The minimum absolute atomic E-state index is 0.224. The van der Waals surface area contributed by atoms with Crippen molar-refractivity contribution in [2.24, 2.45) is 0 Å². The van der Waals surface area contributed by atoms with Gasteiger partial charge in [-0.2, -0.15) is 0 Å². The average molecular weight is 170 g/mol. The van der Waals surface area contributed by atoms with Crippen LogP contribution in [0.4, 0.5) is 0 Å². The van der Waals surface area contributed by atoms with E-state index in [1.807, 2.05) is 18.2 Å². The molecule has 1 heteroatoms. The van der Waals surface area contributed by atoms with Gasteiger partial charge in [0.2, 0.25) is 0 Å². The van der Waals surface area contributed by atoms with E-state index < -0.39 is 0 Å². The van der Waals surface area contributed by atoms with Crippen LogP contribution in [0, 0.1) is 0 Å². The standard InChI is InChI=1S/C12H10O/c1-3-7-11-9(5-1)10-6-2-4-8-12(10)13-11/h1-9,11H/t9-,11?/m0/s1. The number of fused-ring (bicyclic) bond motifs is 3. The third-order valence-corrected chi connectivity index (χ3v) is 2.63. The molecule has 2 aliphatic rings. The van der Waals surface area contributed by atoms with Crippen molar-refractivity contribution in [3.8, 4) is 5.75 Å². The normalized spacial score (nSPS) is 28.0. The summed E-state index contributed by atoms with van der Waals surface area (Å²) in [5, 5.41) is 0. The molecule has 13 heavy (non-hydrogen) atoms. The van der Waals surface area contributed by atoms with Gasteiger partial charge in [-0.3, -0.25) is 0 Å². The maximum Gasteiger partial charge on any atom is 0.128 e. The lowest BCUT2D eigenvalue weighted by Crippen LogP contribution is -2.15. The van der Waals surface area contributed by atoms with Gasteiger partial charge in [0.05, 0.1) is 0 Å². The molecule has 0 fully saturated rings. The van der Waals surface area contributed by atoms with Crippen LogP contribution in [-0.4, -0.2) is 6.10 Å². The van der Waals surface area contributed by atoms with Gasteiger partial charge in [-0.25, -0.2) is 0 Å². The van der Waals surface area contributed by atoms with Crippen molar-refractivity contribution in [2.75, 3.05) is 0 Å². The van der Waals surface area contributed by atoms with Gasteiger partial charge in [0.1, 0.15) is 11.9 Å². The Kier molecular flexibility index (Phi) is 1.33. The molecule has 3 rings (SSSR count). The highest BCUT2D eigenvalue weighted by molar-refractivity contribution is 5.46. The maximum absolute atomic E-state index is 5.77. The Morgan fingerprint density at radius 2 is 1.85 bits per heavy atom. The molecule has 1 aromatic rings. The lowest BCUT2D eigenvalue weighted by Gasteiger charge is -2.13. The minimum Gasteiger partial charge on any atom is -0.485 e. The molecule has 1 aliphatic carbocycles. The molecule has 0 radical (unpaired) electrons. The van der Waals surface area contributed by atoms with Gasteiger partial charge in [-0.1, -0.05) is 36.4 Å². The summed E-state index contributed by atoms with van der Waals surface area (Å²) in [6, 6.07) is 8.26. The molecule has 1 aliphatic heterocycles. The van der Waals surface area contributed by atoms with E-state index in [1.165, 1.54) is 5.56 Å². The van der Waals surface area contributed by atoms with E-state index in [4.69, 9.17) is 4.74 Å². The molecule has 0 bridgehead atoms. The fraction of sp³-hybridized carbons (Fsp3) is 0.167. The van der Waals surface area contributed by atoms with Crippen molar-refractivity contribution in [3.05, 3.63) is 54.1 Å². The van der Waals surface area contributed by atoms with E-state index in [1.54, 1.807) is 0 Å². The molecule has 0 aromatic heterocycles. The number of hydrogen-bond donors (Lipinski definition) is 0. The second-order valence-electron chi connectivity index (χ2n) is 3.42. The van der Waals surface area contributed by atoms with Gasteiger partial charge in [0.25, 0.3) is 0 Å². The summed E-state index contributed by atoms with van der Waals surface area (Å²) in [5.41, 5.74) is 1.31. The first-order valence-electron chi connectivity index (χ1n) is 4.56. The van der Waals surface area contributed by atoms with E-state index >= 15 is 0 Å². The fourth-order valence-corrected chi connectivity index (χ4v) is 1.99. The second kappa shape index (κ2) is 2.49. The first-order chi connectivity index (χ1) is 6.45. The number of rotatable bonds is 0. The fourth-order valence-electron chi connectivity index (χ4n) is 1.99. The van der Waals surface area contributed by atoms with Crippen LogP contribution in [0.5, 0.6) is 5.75 Å². The van der Waals surface area contributed by atoms with Gasteiger partial charge in [-0.15, -0.1) is 0 Å². The van der Waals surface area contributed by atoms with Crippen molar-refractivity contribution < 1.29 is 4.74 Å². The molecule has 1 unspecified atom stereocenters. The van der Waals surface area contributed by atoms with Crippen LogP contribution in [0.2, 0.25) is 0 Å². The van der Waals surface area contributed by atoms with E-state index in [2.05, 4.69) is 30.4 Å². The lowest BCUT2D eigenvalue weighted by atomic mass is 9.92. The van der Waals surface area contributed by atoms with Crippen molar-refractivity contribution in [3.63, 3.8) is 0 Å². The van der Waals surface area contributed by atoms with Gasteiger partial charge >= 0.3 is 0 Å². The molecule has 0 N–H and O–H groups in total. The summed E-state index contributed by atoms with van der Waals surface area (Å²) in [7, 11) is 0. The summed E-state index contributed by atoms with van der Waals surface area (Å²) in [5.74, 6) is 1.47. The zero-order chi connectivity index (χ0) is 8.67. The number of benzene rings is 1. The molecule has 0 spiro atoms. The zero-order valence-electron chi connectivity index (χ0n) is 7.18. The lowest BCUT2D eigenvalue weighted by molar-refractivity contribution is 0.269. The summed E-state index contributed by atoms with van der Waals surface area (Å²) >= 11 is 0. The average Bonchev–Trinajstić information content (AvgIpc) is 2.56. The van der Waals surface area contributed by atoms with E-state index in [0.717, 1.165) is 5.75 Å². The van der Waals surface area contributed by atoms with Crippen molar-refractivity contribution in [1.29, 1.82) is 0 Å². The van der Waals surface area contributed by atoms with Crippen LogP contribution in [0.25, 0.3) is 0 Å². The third-order valence-electron chi connectivity index (χ3n) is 2.63. The first-order valence-corrected chi connectivity index (χ1v) is 4.56. The zero-order valence-corrected chi connectivity index (χ0v) is 7.18. The Labute approximate surface area is 77.3 Å². The van der Waals surface area contributed by atoms with Crippen LogP contribution in [-0.2, 0) is 0 Å². The highest BCUT2D eigenvalue weighted by Crippen LogP contribution is 2.40. The summed E-state index contributed by atoms with van der Waals surface area (Å²) < 4.78 is 5.77. The molecule has 2 atom stereocenters. The monoisotopic (exact) mass is 170 g/mol. The quantitative estimate of drug-likeness (QED) is 0.581. The van der Waals surface area contributed by atoms with Gasteiger partial charge < -0.3 is 4.74 Å².